The molecule has 0 spiro atoms. The van der Waals surface area contributed by atoms with Gasteiger partial charge in [0, 0.05) is 6.04 Å². The fraction of sp³-hybridized carbons (Fsp3) is 0.750. The molecule has 0 aromatic rings. The molecule has 4 nitrogen and oxygen atoms in total. The van der Waals surface area contributed by atoms with Crippen LogP contribution in [-0.4, -0.2) is 18.1 Å². The minimum Gasteiger partial charge on any atom is -0.851 e. The molecule has 9 heavy (non-hydrogen) atoms. The summed E-state index contributed by atoms with van der Waals surface area (Å²) in [6.45, 7) is 1.18. The first-order valence-electron chi connectivity index (χ1n) is 2.18. The Hall–Kier alpha value is 0.0134. The number of carboxylic acid groups (broad SMARTS) is 1. The molecule has 0 aliphatic carbocycles. The SMILES string of the molecule is CC([O-])C(N)C(=O)[O-].[Zn+2]. The van der Waals surface area contributed by atoms with Crippen molar-refractivity contribution < 1.29 is 34.5 Å². The van der Waals surface area contributed by atoms with E-state index in [0.29, 0.717) is 0 Å². The van der Waals surface area contributed by atoms with Crippen molar-refractivity contribution in [3.05, 3.63) is 0 Å². The van der Waals surface area contributed by atoms with E-state index in [0.717, 1.165) is 0 Å². The van der Waals surface area contributed by atoms with Gasteiger partial charge in [-0.2, -0.15) is 0 Å². The molecule has 2 unspecified atom stereocenters. The molecule has 0 fully saturated rings. The molecule has 0 aliphatic rings. The maximum absolute atomic E-state index is 10.1. The standard InChI is InChI=1S/C4H8NO3.Zn/c1-2(6)3(5)4(7)8;/h2-3H,5H2,1H3,(H,7,8);/q-1;+2/p-1. The molecule has 0 amide bonds. The molecule has 0 aromatic carbocycles. The third kappa shape index (κ3) is 4.51. The largest absolute Gasteiger partial charge is 2.00 e. The van der Waals surface area contributed by atoms with Crippen LogP contribution in [0.15, 0.2) is 0 Å². The average Bonchev–Trinajstić information content (AvgIpc) is 1.64. The van der Waals surface area contributed by atoms with Crippen LogP contribution in [0.25, 0.3) is 0 Å². The maximum atomic E-state index is 10.1. The van der Waals surface area contributed by atoms with Crippen LogP contribution in [0.1, 0.15) is 6.92 Å². The van der Waals surface area contributed by atoms with Crippen molar-refractivity contribution in [3.63, 3.8) is 0 Å². The van der Waals surface area contributed by atoms with Crippen LogP contribution in [0.5, 0.6) is 0 Å². The van der Waals surface area contributed by atoms with Gasteiger partial charge in [0.25, 0.3) is 0 Å². The van der Waals surface area contributed by atoms with E-state index in [4.69, 9.17) is 5.73 Å². The van der Waals surface area contributed by atoms with Crippen LogP contribution in [0.4, 0.5) is 0 Å². The first-order chi connectivity index (χ1) is 3.55. The smallest absolute Gasteiger partial charge is 0.851 e. The zero-order chi connectivity index (χ0) is 6.73. The molecule has 5 heteroatoms. The molecule has 0 rings (SSSR count). The van der Waals surface area contributed by atoms with Gasteiger partial charge >= 0.3 is 19.5 Å². The van der Waals surface area contributed by atoms with Crippen molar-refractivity contribution in [3.8, 4) is 0 Å². The molecule has 0 saturated carbocycles. The van der Waals surface area contributed by atoms with Crippen molar-refractivity contribution >= 4 is 5.97 Å². The molecule has 2 N–H and O–H groups in total. The molecule has 0 radical (unpaired) electrons. The van der Waals surface area contributed by atoms with Gasteiger partial charge in [0.2, 0.25) is 0 Å². The Bertz CT molecular complexity index is 95.8. The summed E-state index contributed by atoms with van der Waals surface area (Å²) < 4.78 is 0. The van der Waals surface area contributed by atoms with E-state index in [2.05, 4.69) is 0 Å². The molecule has 0 saturated heterocycles. The van der Waals surface area contributed by atoms with Gasteiger partial charge in [-0.3, -0.25) is 0 Å². The van der Waals surface area contributed by atoms with Crippen molar-refractivity contribution in [2.45, 2.75) is 19.1 Å². The predicted octanol–water partition coefficient (Wildman–Crippen LogP) is -3.19. The molecule has 2 atom stereocenters. The predicted molar refractivity (Wildman–Crippen MR) is 22.4 cm³/mol. The third-order valence-electron chi connectivity index (χ3n) is 0.778. The van der Waals surface area contributed by atoms with Crippen molar-refractivity contribution in [2.24, 2.45) is 5.73 Å². The number of nitrogens with two attached hydrogens (primary N) is 1. The first-order valence-corrected chi connectivity index (χ1v) is 2.18. The molecule has 0 heterocycles. The van der Waals surface area contributed by atoms with Gasteiger partial charge in [-0.05, 0) is 0 Å². The van der Waals surface area contributed by atoms with Gasteiger partial charge in [0.1, 0.15) is 0 Å². The van der Waals surface area contributed by atoms with E-state index in [1.165, 1.54) is 6.92 Å². The Labute approximate surface area is 65.8 Å². The molecular weight excluding hydrogens is 175 g/mol. The number of hydrogen-bond donors (Lipinski definition) is 1. The van der Waals surface area contributed by atoms with Crippen molar-refractivity contribution in [2.75, 3.05) is 0 Å². The number of rotatable bonds is 2. The second-order valence-corrected chi connectivity index (χ2v) is 1.55. The Kier molecular flexibility index (Phi) is 6.34. The summed E-state index contributed by atoms with van der Waals surface area (Å²) in [4.78, 5) is 9.70. The van der Waals surface area contributed by atoms with Gasteiger partial charge in [-0.25, -0.2) is 0 Å². The average molecular weight is 182 g/mol. The number of carbonyl (C=O) groups excluding carboxylic acids is 1. The molecule has 0 aliphatic heterocycles. The Morgan fingerprint density at radius 2 is 2.00 bits per heavy atom. The summed E-state index contributed by atoms with van der Waals surface area (Å²) >= 11 is 0. The van der Waals surface area contributed by atoms with E-state index in [9.17, 15) is 15.0 Å². The van der Waals surface area contributed by atoms with E-state index in [1.807, 2.05) is 0 Å². The van der Waals surface area contributed by atoms with Gasteiger partial charge in [0.15, 0.2) is 0 Å². The molecule has 0 aromatic heterocycles. The van der Waals surface area contributed by atoms with Gasteiger partial charge in [-0.1, -0.05) is 6.92 Å². The summed E-state index contributed by atoms with van der Waals surface area (Å²) in [5.41, 5.74) is 4.78. The molecule has 48 valence electrons. The second kappa shape index (κ2) is 4.85. The number of hydrogen-bond acceptors (Lipinski definition) is 4. The Balaban J connectivity index is 0. The van der Waals surface area contributed by atoms with Crippen LogP contribution >= 0.6 is 0 Å². The molecular formula is C4H7NO3Zn. The van der Waals surface area contributed by atoms with Gasteiger partial charge in [-0.15, -0.1) is 6.10 Å². The monoisotopic (exact) mass is 181 g/mol. The fourth-order valence-electron chi connectivity index (χ4n) is 0.192. The maximum Gasteiger partial charge on any atom is 2.00 e. The van der Waals surface area contributed by atoms with Gasteiger partial charge < -0.3 is 20.7 Å². The van der Waals surface area contributed by atoms with E-state index < -0.39 is 18.1 Å². The van der Waals surface area contributed by atoms with Crippen molar-refractivity contribution in [1.82, 2.24) is 0 Å². The summed E-state index contributed by atoms with van der Waals surface area (Å²) in [5.74, 6) is -1.49. The molecule has 0 bridgehead atoms. The van der Waals surface area contributed by atoms with Crippen LogP contribution in [0, 0.1) is 0 Å². The normalized spacial score (nSPS) is 15.4. The van der Waals surface area contributed by atoms with Crippen LogP contribution in [0.2, 0.25) is 0 Å². The zero-order valence-corrected chi connectivity index (χ0v) is 8.13. The van der Waals surface area contributed by atoms with E-state index >= 15 is 0 Å². The van der Waals surface area contributed by atoms with Crippen molar-refractivity contribution in [1.29, 1.82) is 0 Å². The summed E-state index contributed by atoms with van der Waals surface area (Å²) in [6, 6.07) is -1.38. The minimum atomic E-state index is -1.49. The number of aliphatic carboxylic acids is 1. The topological polar surface area (TPSA) is 89.2 Å². The fourth-order valence-corrected chi connectivity index (χ4v) is 0.192. The summed E-state index contributed by atoms with van der Waals surface area (Å²) in [5, 5.41) is 19.8. The summed E-state index contributed by atoms with van der Waals surface area (Å²) in [7, 11) is 0. The quantitative estimate of drug-likeness (QED) is 0.456. The van der Waals surface area contributed by atoms with Crippen LogP contribution in [-0.2, 0) is 24.3 Å². The number of carboxylic acids is 1. The van der Waals surface area contributed by atoms with E-state index in [-0.39, 0.29) is 19.5 Å². The van der Waals surface area contributed by atoms with E-state index in [1.54, 1.807) is 0 Å². The Morgan fingerprint density at radius 1 is 1.67 bits per heavy atom. The number of carbonyl (C=O) groups is 1. The zero-order valence-electron chi connectivity index (χ0n) is 5.16. The summed E-state index contributed by atoms with van der Waals surface area (Å²) in [6.07, 6.45) is -1.29. The van der Waals surface area contributed by atoms with Crippen LogP contribution in [0.3, 0.4) is 0 Å². The minimum absolute atomic E-state index is 0. The van der Waals surface area contributed by atoms with Crippen LogP contribution < -0.4 is 15.9 Å². The second-order valence-electron chi connectivity index (χ2n) is 1.55. The van der Waals surface area contributed by atoms with Gasteiger partial charge in [0.05, 0.1) is 5.97 Å². The Morgan fingerprint density at radius 3 is 2.00 bits per heavy atom. The third-order valence-corrected chi connectivity index (χ3v) is 0.778. The first kappa shape index (κ1) is 11.8.